The Hall–Kier alpha value is -1.25. The fraction of sp³-hybridized carbons (Fsp3) is 0.818. The summed E-state index contributed by atoms with van der Waals surface area (Å²) < 4.78 is 24.6. The molecule has 0 aromatic heterocycles. The summed E-state index contributed by atoms with van der Waals surface area (Å²) in [5, 5.41) is 11.2. The van der Waals surface area contributed by atoms with Crippen LogP contribution in [0.5, 0.6) is 0 Å². The molecule has 0 aromatic rings. The predicted octanol–water partition coefficient (Wildman–Crippen LogP) is -0.262. The lowest BCUT2D eigenvalue weighted by Gasteiger charge is -2.41. The highest BCUT2D eigenvalue weighted by Gasteiger charge is 2.54. The molecule has 0 radical (unpaired) electrons. The number of hydrogen-bond acceptors (Lipinski definition) is 5. The van der Waals surface area contributed by atoms with Crippen molar-refractivity contribution < 1.29 is 28.6 Å². The molecule has 0 spiro atoms. The molecule has 2 rings (SSSR count). The second-order valence-corrected chi connectivity index (χ2v) is 4.46. The molecule has 2 heterocycles. The highest BCUT2D eigenvalue weighted by Crippen LogP contribution is 2.37. The fourth-order valence-electron chi connectivity index (χ4n) is 2.35. The van der Waals surface area contributed by atoms with E-state index in [4.69, 9.17) is 14.6 Å². The van der Waals surface area contributed by atoms with Crippen molar-refractivity contribution in [3.63, 3.8) is 0 Å². The molecule has 19 heavy (non-hydrogen) atoms. The van der Waals surface area contributed by atoms with E-state index in [2.05, 4.69) is 5.32 Å². The number of alkyl halides is 1. The van der Waals surface area contributed by atoms with Gasteiger partial charge in [-0.3, -0.25) is 15.0 Å². The molecule has 2 saturated heterocycles. The van der Waals surface area contributed by atoms with Crippen LogP contribution in [0.15, 0.2) is 0 Å². The molecule has 108 valence electrons. The predicted molar refractivity (Wildman–Crippen MR) is 60.7 cm³/mol. The van der Waals surface area contributed by atoms with E-state index in [9.17, 15) is 14.0 Å². The number of urea groups is 1. The third-order valence-corrected chi connectivity index (χ3v) is 3.21. The Morgan fingerprint density at radius 1 is 1.63 bits per heavy atom. The van der Waals surface area contributed by atoms with Crippen LogP contribution < -0.4 is 5.32 Å². The molecule has 2 N–H and O–H groups in total. The van der Waals surface area contributed by atoms with Gasteiger partial charge in [-0.2, -0.15) is 0 Å². The van der Waals surface area contributed by atoms with Crippen molar-refractivity contribution in [1.29, 1.82) is 0 Å². The van der Waals surface area contributed by atoms with Gasteiger partial charge < -0.3 is 14.6 Å². The number of halogens is 1. The minimum Gasteiger partial charge on any atom is -0.394 e. The SMILES string of the molecule is CCO[C@]1(N2CCC(=O)NC2=O)C[C@H](F)[C@@H](CO)O1. The number of hydrogen-bond donors (Lipinski definition) is 2. The normalized spacial score (nSPS) is 35.6. The van der Waals surface area contributed by atoms with Crippen molar-refractivity contribution in [3.05, 3.63) is 0 Å². The lowest BCUT2D eigenvalue weighted by atomic mass is 10.1. The molecule has 0 unspecified atom stereocenters. The lowest BCUT2D eigenvalue weighted by molar-refractivity contribution is -0.293. The summed E-state index contributed by atoms with van der Waals surface area (Å²) in [7, 11) is 0. The Morgan fingerprint density at radius 2 is 2.37 bits per heavy atom. The number of carbonyl (C=O) groups excluding carboxylic acids is 2. The van der Waals surface area contributed by atoms with Crippen LogP contribution in [0.1, 0.15) is 19.8 Å². The number of nitrogens with one attached hydrogen (secondary N) is 1. The maximum atomic E-state index is 13.8. The maximum Gasteiger partial charge on any atom is 0.328 e. The van der Waals surface area contributed by atoms with Gasteiger partial charge in [0.25, 0.3) is 5.91 Å². The van der Waals surface area contributed by atoms with E-state index in [1.807, 2.05) is 0 Å². The molecule has 8 heteroatoms. The third-order valence-electron chi connectivity index (χ3n) is 3.21. The molecule has 0 bridgehead atoms. The van der Waals surface area contributed by atoms with Gasteiger partial charge in [0.1, 0.15) is 12.3 Å². The van der Waals surface area contributed by atoms with Gasteiger partial charge >= 0.3 is 6.03 Å². The largest absolute Gasteiger partial charge is 0.394 e. The number of carbonyl (C=O) groups is 2. The van der Waals surface area contributed by atoms with Crippen LogP contribution in [0, 0.1) is 0 Å². The van der Waals surface area contributed by atoms with Crippen molar-refractivity contribution >= 4 is 11.9 Å². The summed E-state index contributed by atoms with van der Waals surface area (Å²) >= 11 is 0. The van der Waals surface area contributed by atoms with Crippen LogP contribution in [-0.2, 0) is 14.3 Å². The third kappa shape index (κ3) is 2.56. The fourth-order valence-corrected chi connectivity index (χ4v) is 2.35. The Morgan fingerprint density at radius 3 is 2.89 bits per heavy atom. The van der Waals surface area contributed by atoms with Gasteiger partial charge in [-0.1, -0.05) is 0 Å². The standard InChI is InChI=1S/C11H17FN2O5/c1-2-18-11(5-7(12)8(6-15)19-11)14-4-3-9(16)13-10(14)17/h7-8,15H,2-6H2,1H3,(H,13,16,17)/t7-,8+,11+/m0/s1. The first-order valence-corrected chi connectivity index (χ1v) is 6.20. The van der Waals surface area contributed by atoms with Crippen molar-refractivity contribution in [3.8, 4) is 0 Å². The van der Waals surface area contributed by atoms with E-state index in [1.54, 1.807) is 6.92 Å². The zero-order valence-electron chi connectivity index (χ0n) is 10.6. The van der Waals surface area contributed by atoms with Crippen LogP contribution in [0.25, 0.3) is 0 Å². The minimum absolute atomic E-state index is 0.0928. The summed E-state index contributed by atoms with van der Waals surface area (Å²) in [5.74, 6) is -1.94. The zero-order valence-corrected chi connectivity index (χ0v) is 10.6. The number of nitrogens with zero attached hydrogens (tertiary/aromatic N) is 1. The lowest BCUT2D eigenvalue weighted by Crippen LogP contribution is -2.61. The van der Waals surface area contributed by atoms with Crippen molar-refractivity contribution in [1.82, 2.24) is 10.2 Å². The van der Waals surface area contributed by atoms with Gasteiger partial charge in [-0.25, -0.2) is 9.18 Å². The second kappa shape index (κ2) is 5.40. The number of imide groups is 1. The van der Waals surface area contributed by atoms with Crippen molar-refractivity contribution in [2.24, 2.45) is 0 Å². The van der Waals surface area contributed by atoms with E-state index in [1.165, 1.54) is 4.90 Å². The number of aliphatic hydroxyl groups excluding tert-OH is 1. The summed E-state index contributed by atoms with van der Waals surface area (Å²) in [4.78, 5) is 24.1. The molecule has 2 fully saturated rings. The van der Waals surface area contributed by atoms with Gasteiger partial charge in [0.15, 0.2) is 0 Å². The van der Waals surface area contributed by atoms with Crippen molar-refractivity contribution in [2.45, 2.75) is 38.0 Å². The second-order valence-electron chi connectivity index (χ2n) is 4.46. The molecule has 3 amide bonds. The van der Waals surface area contributed by atoms with Gasteiger partial charge in [0.2, 0.25) is 5.91 Å². The first-order chi connectivity index (χ1) is 9.02. The Balaban J connectivity index is 2.20. The maximum absolute atomic E-state index is 13.8. The molecule has 7 nitrogen and oxygen atoms in total. The van der Waals surface area contributed by atoms with Crippen molar-refractivity contribution in [2.75, 3.05) is 19.8 Å². The Kier molecular flexibility index (Phi) is 4.02. The summed E-state index contributed by atoms with van der Waals surface area (Å²) in [6.45, 7) is 1.50. The minimum atomic E-state index is -1.55. The molecule has 2 aliphatic heterocycles. The molecule has 3 atom stereocenters. The smallest absolute Gasteiger partial charge is 0.328 e. The average molecular weight is 276 g/mol. The van der Waals surface area contributed by atoms with Gasteiger partial charge in [0.05, 0.1) is 13.0 Å². The number of amides is 3. The molecular formula is C11H17FN2O5. The summed E-state index contributed by atoms with van der Waals surface area (Å²) in [6, 6.07) is -0.671. The summed E-state index contributed by atoms with van der Waals surface area (Å²) in [5.41, 5.74) is 0. The molecule has 2 aliphatic rings. The molecular weight excluding hydrogens is 259 g/mol. The van der Waals surface area contributed by atoms with Crippen LogP contribution in [-0.4, -0.2) is 59.9 Å². The van der Waals surface area contributed by atoms with E-state index in [0.717, 1.165) is 0 Å². The Labute approximate surface area is 109 Å². The van der Waals surface area contributed by atoms with E-state index in [-0.39, 0.29) is 31.9 Å². The van der Waals surface area contributed by atoms with Crippen LogP contribution in [0.4, 0.5) is 9.18 Å². The molecule has 0 aromatic carbocycles. The Bertz CT molecular complexity index is 380. The topological polar surface area (TPSA) is 88.1 Å². The van der Waals surface area contributed by atoms with Crippen LogP contribution in [0.3, 0.4) is 0 Å². The van der Waals surface area contributed by atoms with Crippen LogP contribution >= 0.6 is 0 Å². The van der Waals surface area contributed by atoms with Gasteiger partial charge in [-0.05, 0) is 6.92 Å². The zero-order chi connectivity index (χ0) is 14.0. The first kappa shape index (κ1) is 14.2. The molecule has 0 aliphatic carbocycles. The van der Waals surface area contributed by atoms with E-state index < -0.39 is 30.8 Å². The number of rotatable bonds is 4. The van der Waals surface area contributed by atoms with E-state index >= 15 is 0 Å². The monoisotopic (exact) mass is 276 g/mol. The molecule has 0 saturated carbocycles. The quantitative estimate of drug-likeness (QED) is 0.738. The van der Waals surface area contributed by atoms with Gasteiger partial charge in [0, 0.05) is 19.6 Å². The highest BCUT2D eigenvalue weighted by atomic mass is 19.1. The highest BCUT2D eigenvalue weighted by molar-refractivity contribution is 5.96. The average Bonchev–Trinajstić information content (AvgIpc) is 2.66. The van der Waals surface area contributed by atoms with Gasteiger partial charge in [-0.15, -0.1) is 0 Å². The van der Waals surface area contributed by atoms with E-state index in [0.29, 0.717) is 0 Å². The number of aliphatic hydroxyl groups is 1. The first-order valence-electron chi connectivity index (χ1n) is 6.20. The summed E-state index contributed by atoms with van der Waals surface area (Å²) in [6.07, 6.45) is -2.54. The van der Waals surface area contributed by atoms with Crippen LogP contribution in [0.2, 0.25) is 0 Å². The number of ether oxygens (including phenoxy) is 2.